The molecule has 20 heavy (non-hydrogen) atoms. The van der Waals surface area contributed by atoms with Crippen LogP contribution < -0.4 is 5.32 Å². The van der Waals surface area contributed by atoms with Crippen LogP contribution in [0.25, 0.3) is 0 Å². The Kier molecular flexibility index (Phi) is 4.19. The van der Waals surface area contributed by atoms with Gasteiger partial charge in [-0.3, -0.25) is 0 Å². The number of halogens is 4. The van der Waals surface area contributed by atoms with Crippen LogP contribution in [0.1, 0.15) is 29.3 Å². The average molecular weight is 426 g/mol. The van der Waals surface area contributed by atoms with Gasteiger partial charge in [-0.15, -0.1) is 11.3 Å². The number of hydrogen-bond donors (Lipinski definition) is 1. The van der Waals surface area contributed by atoms with Gasteiger partial charge in [-0.05, 0) is 59.5 Å². The molecule has 1 atom stereocenters. The van der Waals surface area contributed by atoms with Crippen LogP contribution in [0.5, 0.6) is 0 Å². The minimum absolute atomic E-state index is 0.0379. The predicted octanol–water partition coefficient (Wildman–Crippen LogP) is 5.77. The monoisotopic (exact) mass is 425 g/mol. The van der Waals surface area contributed by atoms with Crippen molar-refractivity contribution in [3.63, 3.8) is 0 Å². The summed E-state index contributed by atoms with van der Waals surface area (Å²) in [7, 11) is 0. The molecule has 0 amide bonds. The molecule has 0 saturated heterocycles. The first-order valence-corrected chi connectivity index (χ1v) is 8.51. The number of anilines is 1. The molecular formula is C14H11ClF2INS. The third-order valence-electron chi connectivity index (χ3n) is 3.41. The lowest BCUT2D eigenvalue weighted by Gasteiger charge is -2.25. The second-order valence-electron chi connectivity index (χ2n) is 4.76. The van der Waals surface area contributed by atoms with Gasteiger partial charge in [0.25, 0.3) is 0 Å². The van der Waals surface area contributed by atoms with Gasteiger partial charge in [0.2, 0.25) is 0 Å². The zero-order chi connectivity index (χ0) is 14.3. The Hall–Kier alpha value is -0.400. The summed E-state index contributed by atoms with van der Waals surface area (Å²) in [6.45, 7) is 0. The zero-order valence-corrected chi connectivity index (χ0v) is 14.1. The molecule has 0 bridgehead atoms. The fourth-order valence-corrected chi connectivity index (χ4v) is 4.89. The number of thiophene rings is 1. The molecule has 0 radical (unpaired) electrons. The predicted molar refractivity (Wildman–Crippen MR) is 87.7 cm³/mol. The highest BCUT2D eigenvalue weighted by Crippen LogP contribution is 2.39. The molecule has 1 heterocycles. The summed E-state index contributed by atoms with van der Waals surface area (Å²) in [4.78, 5) is 1.34. The first-order valence-electron chi connectivity index (χ1n) is 6.24. The van der Waals surface area contributed by atoms with Gasteiger partial charge in [0, 0.05) is 10.9 Å². The number of rotatable bonds is 2. The van der Waals surface area contributed by atoms with Gasteiger partial charge in [0.05, 0.1) is 19.6 Å². The fraction of sp³-hybridized carbons (Fsp3) is 0.286. The summed E-state index contributed by atoms with van der Waals surface area (Å²) < 4.78 is 28.2. The summed E-state index contributed by atoms with van der Waals surface area (Å²) in [5, 5.41) is 3.23. The van der Waals surface area contributed by atoms with Crippen molar-refractivity contribution in [3.05, 3.63) is 48.2 Å². The van der Waals surface area contributed by atoms with Gasteiger partial charge in [0.15, 0.2) is 5.82 Å². The summed E-state index contributed by atoms with van der Waals surface area (Å²) in [5.74, 6) is -1.31. The van der Waals surface area contributed by atoms with E-state index in [-0.39, 0.29) is 16.8 Å². The normalized spacial score (nSPS) is 17.9. The second-order valence-corrected chi connectivity index (χ2v) is 8.20. The van der Waals surface area contributed by atoms with Crippen LogP contribution in [-0.2, 0) is 6.42 Å². The Bertz CT molecular complexity index is 636. The van der Waals surface area contributed by atoms with E-state index in [0.717, 1.165) is 31.4 Å². The van der Waals surface area contributed by atoms with Crippen LogP contribution in [0.4, 0.5) is 14.5 Å². The first-order chi connectivity index (χ1) is 9.54. The lowest BCUT2D eigenvalue weighted by Crippen LogP contribution is -2.16. The van der Waals surface area contributed by atoms with E-state index >= 15 is 0 Å². The van der Waals surface area contributed by atoms with Crippen molar-refractivity contribution in [1.29, 1.82) is 0 Å². The number of benzene rings is 1. The molecule has 1 aliphatic carbocycles. The molecule has 0 spiro atoms. The smallest absolute Gasteiger partial charge is 0.150 e. The topological polar surface area (TPSA) is 12.0 Å². The Morgan fingerprint density at radius 2 is 2.10 bits per heavy atom. The summed E-state index contributed by atoms with van der Waals surface area (Å²) in [5.41, 5.74) is 1.40. The first kappa shape index (κ1) is 14.5. The van der Waals surface area contributed by atoms with Crippen LogP contribution in [-0.4, -0.2) is 0 Å². The van der Waals surface area contributed by atoms with E-state index in [4.69, 9.17) is 11.6 Å². The molecule has 2 aromatic rings. The summed E-state index contributed by atoms with van der Waals surface area (Å²) in [6, 6.07) is 4.16. The van der Waals surface area contributed by atoms with Crippen LogP contribution >= 0.6 is 45.5 Å². The SMILES string of the molecule is Fc1cc(F)c(NC2CCCc3sc(I)cc32)c(Cl)c1. The Balaban J connectivity index is 1.93. The average Bonchev–Trinajstić information content (AvgIpc) is 2.74. The fourth-order valence-electron chi connectivity index (χ4n) is 2.53. The van der Waals surface area contributed by atoms with Crippen molar-refractivity contribution in [2.45, 2.75) is 25.3 Å². The van der Waals surface area contributed by atoms with Gasteiger partial charge >= 0.3 is 0 Å². The standard InChI is InChI=1S/C14H11ClF2INS/c15-9-4-7(16)5-10(17)14(9)19-11-2-1-3-12-8(11)6-13(18)20-12/h4-6,11,19H,1-3H2. The molecule has 106 valence electrons. The third kappa shape index (κ3) is 2.80. The molecule has 6 heteroatoms. The third-order valence-corrected chi connectivity index (χ3v) is 5.68. The number of aryl methyl sites for hydroxylation is 1. The molecule has 1 unspecified atom stereocenters. The van der Waals surface area contributed by atoms with Crippen LogP contribution in [0.3, 0.4) is 0 Å². The minimum Gasteiger partial charge on any atom is -0.375 e. The van der Waals surface area contributed by atoms with Crippen LogP contribution in [0, 0.1) is 14.5 Å². The summed E-state index contributed by atoms with van der Waals surface area (Å²) >= 11 is 10.0. The van der Waals surface area contributed by atoms with Crippen molar-refractivity contribution >= 4 is 51.2 Å². The molecule has 0 fully saturated rings. The molecule has 0 aliphatic heterocycles. The van der Waals surface area contributed by atoms with Crippen molar-refractivity contribution in [2.24, 2.45) is 0 Å². The van der Waals surface area contributed by atoms with Gasteiger partial charge < -0.3 is 5.32 Å². The molecule has 1 aliphatic rings. The maximum Gasteiger partial charge on any atom is 0.150 e. The lowest BCUT2D eigenvalue weighted by atomic mass is 9.94. The quantitative estimate of drug-likeness (QED) is 0.602. The van der Waals surface area contributed by atoms with Crippen LogP contribution in [0.15, 0.2) is 18.2 Å². The Labute approximate surface area is 138 Å². The summed E-state index contributed by atoms with van der Waals surface area (Å²) in [6.07, 6.45) is 3.05. The lowest BCUT2D eigenvalue weighted by molar-refractivity contribution is 0.573. The highest BCUT2D eigenvalue weighted by atomic mass is 127. The van der Waals surface area contributed by atoms with Gasteiger partial charge in [-0.25, -0.2) is 8.78 Å². The number of hydrogen-bond acceptors (Lipinski definition) is 2. The molecule has 1 aromatic carbocycles. The van der Waals surface area contributed by atoms with E-state index < -0.39 is 11.6 Å². The number of fused-ring (bicyclic) bond motifs is 1. The largest absolute Gasteiger partial charge is 0.375 e. The highest BCUT2D eigenvalue weighted by molar-refractivity contribution is 14.1. The van der Waals surface area contributed by atoms with Gasteiger partial charge in [-0.1, -0.05) is 11.6 Å². The van der Waals surface area contributed by atoms with Crippen molar-refractivity contribution in [3.8, 4) is 0 Å². The number of nitrogens with one attached hydrogen (secondary N) is 1. The molecular weight excluding hydrogens is 415 g/mol. The van der Waals surface area contributed by atoms with E-state index in [9.17, 15) is 8.78 Å². The van der Waals surface area contributed by atoms with E-state index in [1.165, 1.54) is 13.3 Å². The van der Waals surface area contributed by atoms with E-state index in [0.29, 0.717) is 0 Å². The van der Waals surface area contributed by atoms with E-state index in [1.807, 2.05) is 0 Å². The maximum atomic E-state index is 13.9. The molecule has 0 saturated carbocycles. The van der Waals surface area contributed by atoms with Gasteiger partial charge in [-0.2, -0.15) is 0 Å². The van der Waals surface area contributed by atoms with Crippen molar-refractivity contribution in [2.75, 3.05) is 5.32 Å². The van der Waals surface area contributed by atoms with Crippen molar-refractivity contribution in [1.82, 2.24) is 0 Å². The Morgan fingerprint density at radius 1 is 1.30 bits per heavy atom. The molecule has 1 aromatic heterocycles. The van der Waals surface area contributed by atoms with Crippen molar-refractivity contribution < 1.29 is 8.78 Å². The molecule has 1 nitrogen and oxygen atoms in total. The van der Waals surface area contributed by atoms with E-state index in [2.05, 4.69) is 34.0 Å². The molecule has 3 rings (SSSR count). The molecule has 1 N–H and O–H groups in total. The maximum absolute atomic E-state index is 13.9. The highest BCUT2D eigenvalue weighted by Gasteiger charge is 2.24. The zero-order valence-electron chi connectivity index (χ0n) is 10.4. The minimum atomic E-state index is -0.660. The second kappa shape index (κ2) is 5.77. The van der Waals surface area contributed by atoms with E-state index in [1.54, 1.807) is 11.3 Å². The van der Waals surface area contributed by atoms with Gasteiger partial charge in [0.1, 0.15) is 5.82 Å². The van der Waals surface area contributed by atoms with Crippen LogP contribution in [0.2, 0.25) is 5.02 Å². The Morgan fingerprint density at radius 3 is 2.85 bits per heavy atom.